The minimum absolute atomic E-state index is 0.136. The fourth-order valence-corrected chi connectivity index (χ4v) is 3.89. The van der Waals surface area contributed by atoms with E-state index in [1.165, 1.54) is 17.7 Å². The highest BCUT2D eigenvalue weighted by Gasteiger charge is 2.27. The molecule has 2 aromatic carbocycles. The molecule has 0 saturated carbocycles. The molecule has 0 bridgehead atoms. The molecule has 0 aromatic heterocycles. The third-order valence-corrected chi connectivity index (χ3v) is 5.51. The van der Waals surface area contributed by atoms with Gasteiger partial charge in [0.2, 0.25) is 12.7 Å². The van der Waals surface area contributed by atoms with Crippen LogP contribution in [0.4, 0.5) is 4.39 Å². The highest BCUT2D eigenvalue weighted by Crippen LogP contribution is 2.33. The number of carbonyl (C=O) groups is 1. The van der Waals surface area contributed by atoms with Gasteiger partial charge >= 0.3 is 0 Å². The third kappa shape index (κ3) is 3.97. The van der Waals surface area contributed by atoms with Crippen molar-refractivity contribution in [3.05, 3.63) is 59.4 Å². The van der Waals surface area contributed by atoms with E-state index in [0.717, 1.165) is 36.7 Å². The lowest BCUT2D eigenvalue weighted by molar-refractivity contribution is -0.134. The van der Waals surface area contributed by atoms with Crippen LogP contribution in [-0.4, -0.2) is 48.7 Å². The number of ether oxygens (including phenoxy) is 2. The predicted octanol–water partition coefficient (Wildman–Crippen LogP) is 3.39. The van der Waals surface area contributed by atoms with Crippen LogP contribution in [0, 0.1) is 5.82 Å². The average Bonchev–Trinajstić information content (AvgIpc) is 3.18. The number of carbonyl (C=O) groups excluding carboxylic acids is 1. The first-order valence-corrected chi connectivity index (χ1v) is 9.79. The van der Waals surface area contributed by atoms with Gasteiger partial charge in [0.1, 0.15) is 5.82 Å². The van der Waals surface area contributed by atoms with Crippen molar-refractivity contribution in [1.82, 2.24) is 9.80 Å². The van der Waals surface area contributed by atoms with Gasteiger partial charge in [-0.2, -0.15) is 0 Å². The Labute approximate surface area is 164 Å². The van der Waals surface area contributed by atoms with Crippen LogP contribution < -0.4 is 9.47 Å². The van der Waals surface area contributed by atoms with Crippen molar-refractivity contribution < 1.29 is 18.7 Å². The molecular formula is C22H25FN2O3. The molecule has 1 saturated heterocycles. The van der Waals surface area contributed by atoms with Gasteiger partial charge in [-0.15, -0.1) is 0 Å². The molecular weight excluding hydrogens is 359 g/mol. The monoisotopic (exact) mass is 384 g/mol. The molecule has 0 radical (unpaired) electrons. The summed E-state index contributed by atoms with van der Waals surface area (Å²) in [5, 5.41) is 0. The standard InChI is InChI=1S/C22H25FN2O3/c1-2-19(17-4-6-18(23)7-5-17)22(26)25-11-9-24(10-12-25)14-16-3-8-20-21(13-16)28-15-27-20/h3-8,13,19H,2,9-12,14-15H2,1H3. The van der Waals surface area contributed by atoms with Gasteiger partial charge < -0.3 is 14.4 Å². The third-order valence-electron chi connectivity index (χ3n) is 5.51. The fraction of sp³-hybridized carbons (Fsp3) is 0.409. The topological polar surface area (TPSA) is 42.0 Å². The summed E-state index contributed by atoms with van der Waals surface area (Å²) in [5.74, 6) is 1.25. The van der Waals surface area contributed by atoms with Crippen LogP contribution in [0.25, 0.3) is 0 Å². The largest absolute Gasteiger partial charge is 0.454 e. The van der Waals surface area contributed by atoms with Gasteiger partial charge in [0.15, 0.2) is 11.5 Å². The van der Waals surface area contributed by atoms with Crippen molar-refractivity contribution in [2.75, 3.05) is 33.0 Å². The molecule has 1 amide bonds. The molecule has 4 rings (SSSR count). The minimum atomic E-state index is -0.275. The van der Waals surface area contributed by atoms with Gasteiger partial charge in [0.25, 0.3) is 0 Å². The van der Waals surface area contributed by atoms with Gasteiger partial charge in [-0.1, -0.05) is 25.1 Å². The van der Waals surface area contributed by atoms with E-state index >= 15 is 0 Å². The molecule has 2 aliphatic rings. The molecule has 2 aromatic rings. The highest BCUT2D eigenvalue weighted by molar-refractivity contribution is 5.83. The number of amides is 1. The number of halogens is 1. The van der Waals surface area contributed by atoms with Crippen molar-refractivity contribution >= 4 is 5.91 Å². The van der Waals surface area contributed by atoms with E-state index in [4.69, 9.17) is 9.47 Å². The maximum absolute atomic E-state index is 13.2. The number of benzene rings is 2. The summed E-state index contributed by atoms with van der Waals surface area (Å²) in [7, 11) is 0. The normalized spacial score (nSPS) is 17.6. The highest BCUT2D eigenvalue weighted by atomic mass is 19.1. The van der Waals surface area contributed by atoms with Gasteiger partial charge in [-0.3, -0.25) is 9.69 Å². The fourth-order valence-electron chi connectivity index (χ4n) is 3.89. The minimum Gasteiger partial charge on any atom is -0.454 e. The van der Waals surface area contributed by atoms with Gasteiger partial charge in [-0.05, 0) is 41.8 Å². The van der Waals surface area contributed by atoms with Crippen molar-refractivity contribution in [2.24, 2.45) is 0 Å². The molecule has 0 aliphatic carbocycles. The first kappa shape index (κ1) is 18.7. The predicted molar refractivity (Wildman–Crippen MR) is 104 cm³/mol. The van der Waals surface area contributed by atoms with Gasteiger partial charge in [0.05, 0.1) is 5.92 Å². The summed E-state index contributed by atoms with van der Waals surface area (Å²) in [5.41, 5.74) is 2.07. The van der Waals surface area contributed by atoms with Gasteiger partial charge in [-0.25, -0.2) is 4.39 Å². The zero-order chi connectivity index (χ0) is 19.5. The molecule has 1 fully saturated rings. The Hall–Kier alpha value is -2.60. The van der Waals surface area contributed by atoms with E-state index in [-0.39, 0.29) is 24.4 Å². The summed E-state index contributed by atoms with van der Waals surface area (Å²) in [6.07, 6.45) is 0.710. The van der Waals surface area contributed by atoms with Crippen LogP contribution in [-0.2, 0) is 11.3 Å². The average molecular weight is 384 g/mol. The number of rotatable bonds is 5. The molecule has 2 aliphatic heterocycles. The molecule has 5 nitrogen and oxygen atoms in total. The molecule has 1 unspecified atom stereocenters. The molecule has 1 atom stereocenters. The molecule has 2 heterocycles. The van der Waals surface area contributed by atoms with E-state index in [1.807, 2.05) is 24.0 Å². The SMILES string of the molecule is CCC(C(=O)N1CCN(Cc2ccc3c(c2)OCO3)CC1)c1ccc(F)cc1. The lowest BCUT2D eigenvalue weighted by Crippen LogP contribution is -2.49. The molecule has 0 N–H and O–H groups in total. The van der Waals surface area contributed by atoms with E-state index in [1.54, 1.807) is 12.1 Å². The summed E-state index contributed by atoms with van der Waals surface area (Å²) in [4.78, 5) is 17.3. The summed E-state index contributed by atoms with van der Waals surface area (Å²) in [6.45, 7) is 6.20. The maximum Gasteiger partial charge on any atom is 0.231 e. The number of fused-ring (bicyclic) bond motifs is 1. The van der Waals surface area contributed by atoms with Crippen LogP contribution >= 0.6 is 0 Å². The van der Waals surface area contributed by atoms with Crippen LogP contribution in [0.5, 0.6) is 11.5 Å². The zero-order valence-electron chi connectivity index (χ0n) is 16.1. The summed E-state index contributed by atoms with van der Waals surface area (Å²) in [6, 6.07) is 12.3. The molecule has 0 spiro atoms. The number of hydrogen-bond donors (Lipinski definition) is 0. The first-order chi connectivity index (χ1) is 13.6. The Morgan fingerprint density at radius 3 is 2.46 bits per heavy atom. The smallest absolute Gasteiger partial charge is 0.231 e. The van der Waals surface area contributed by atoms with Crippen molar-refractivity contribution in [3.8, 4) is 11.5 Å². The van der Waals surface area contributed by atoms with Crippen molar-refractivity contribution in [2.45, 2.75) is 25.8 Å². The summed E-state index contributed by atoms with van der Waals surface area (Å²) < 4.78 is 24.0. The van der Waals surface area contributed by atoms with E-state index in [0.29, 0.717) is 19.5 Å². The quantitative estimate of drug-likeness (QED) is 0.793. The zero-order valence-corrected chi connectivity index (χ0v) is 16.1. The molecule has 6 heteroatoms. The second-order valence-electron chi connectivity index (χ2n) is 7.30. The molecule has 148 valence electrons. The second kappa shape index (κ2) is 8.19. The Morgan fingerprint density at radius 1 is 1.04 bits per heavy atom. The van der Waals surface area contributed by atoms with Crippen LogP contribution in [0.15, 0.2) is 42.5 Å². The number of piperazine rings is 1. The van der Waals surface area contributed by atoms with E-state index in [9.17, 15) is 9.18 Å². The first-order valence-electron chi connectivity index (χ1n) is 9.79. The summed E-state index contributed by atoms with van der Waals surface area (Å²) >= 11 is 0. The van der Waals surface area contributed by atoms with E-state index in [2.05, 4.69) is 11.0 Å². The second-order valence-corrected chi connectivity index (χ2v) is 7.30. The van der Waals surface area contributed by atoms with Crippen LogP contribution in [0.2, 0.25) is 0 Å². The van der Waals surface area contributed by atoms with Crippen LogP contribution in [0.3, 0.4) is 0 Å². The van der Waals surface area contributed by atoms with Crippen molar-refractivity contribution in [1.29, 1.82) is 0 Å². The maximum atomic E-state index is 13.2. The Bertz CT molecular complexity index is 832. The van der Waals surface area contributed by atoms with Crippen LogP contribution in [0.1, 0.15) is 30.4 Å². The number of nitrogens with zero attached hydrogens (tertiary/aromatic N) is 2. The van der Waals surface area contributed by atoms with Gasteiger partial charge in [0, 0.05) is 32.7 Å². The van der Waals surface area contributed by atoms with Crippen molar-refractivity contribution in [3.63, 3.8) is 0 Å². The molecule has 28 heavy (non-hydrogen) atoms. The lowest BCUT2D eigenvalue weighted by atomic mass is 9.94. The Morgan fingerprint density at radius 2 is 1.75 bits per heavy atom. The van der Waals surface area contributed by atoms with E-state index < -0.39 is 0 Å². The Kier molecular flexibility index (Phi) is 5.48. The lowest BCUT2D eigenvalue weighted by Gasteiger charge is -2.36. The Balaban J connectivity index is 1.34. The number of hydrogen-bond acceptors (Lipinski definition) is 4.